The molecule has 1 aliphatic rings. The number of amides is 1. The highest BCUT2D eigenvalue weighted by molar-refractivity contribution is 6.31. The minimum Gasteiger partial charge on any atom is -0.394 e. The Morgan fingerprint density at radius 2 is 2.10 bits per heavy atom. The molecule has 0 unspecified atom stereocenters. The van der Waals surface area contributed by atoms with Crippen LogP contribution in [-0.2, 0) is 0 Å². The van der Waals surface area contributed by atoms with Crippen molar-refractivity contribution in [3.05, 3.63) is 34.3 Å². The smallest absolute Gasteiger partial charge is 0.251 e. The van der Waals surface area contributed by atoms with E-state index in [0.29, 0.717) is 16.5 Å². The predicted molar refractivity (Wildman–Crippen MR) is 81.1 cm³/mol. The number of hydrogen-bond donors (Lipinski definition) is 2. The van der Waals surface area contributed by atoms with Gasteiger partial charge in [0.15, 0.2) is 0 Å². The molecule has 1 aliphatic carbocycles. The average Bonchev–Trinajstić information content (AvgIpc) is 2.44. The van der Waals surface area contributed by atoms with E-state index in [1.54, 1.807) is 12.1 Å². The van der Waals surface area contributed by atoms with Crippen LogP contribution in [0.25, 0.3) is 0 Å². The molecule has 0 aromatic heterocycles. The monoisotopic (exact) mass is 295 g/mol. The number of aryl methyl sites for hydroxylation is 1. The van der Waals surface area contributed by atoms with Crippen LogP contribution in [0.1, 0.15) is 48.5 Å². The van der Waals surface area contributed by atoms with Gasteiger partial charge in [-0.1, -0.05) is 24.6 Å². The van der Waals surface area contributed by atoms with Gasteiger partial charge in [-0.2, -0.15) is 0 Å². The van der Waals surface area contributed by atoms with Crippen LogP contribution >= 0.6 is 11.6 Å². The van der Waals surface area contributed by atoms with Crippen molar-refractivity contribution in [2.75, 3.05) is 6.61 Å². The lowest BCUT2D eigenvalue weighted by atomic mass is 9.77. The summed E-state index contributed by atoms with van der Waals surface area (Å²) in [5.74, 6) is 0.510. The summed E-state index contributed by atoms with van der Waals surface area (Å²) in [6, 6.07) is 5.29. The van der Waals surface area contributed by atoms with Gasteiger partial charge in [-0.15, -0.1) is 0 Å². The first-order valence-corrected chi connectivity index (χ1v) is 7.53. The topological polar surface area (TPSA) is 49.3 Å². The highest BCUT2D eigenvalue weighted by Crippen LogP contribution is 2.32. The van der Waals surface area contributed by atoms with Gasteiger partial charge in [0, 0.05) is 10.6 Å². The predicted octanol–water partition coefficient (Wildman–Crippen LogP) is 3.32. The van der Waals surface area contributed by atoms with E-state index in [2.05, 4.69) is 12.2 Å². The zero-order valence-corrected chi connectivity index (χ0v) is 12.8. The van der Waals surface area contributed by atoms with E-state index in [-0.39, 0.29) is 12.5 Å². The molecular formula is C16H22ClNO2. The standard InChI is InChI=1S/C16H22ClNO2/c1-11-5-7-16(10-19,8-6-11)18-15(20)13-4-3-12(2)14(17)9-13/h3-4,9,11,19H,5-8,10H2,1-2H3,(H,18,20). The van der Waals surface area contributed by atoms with E-state index in [1.807, 2.05) is 13.0 Å². The maximum absolute atomic E-state index is 12.3. The highest BCUT2D eigenvalue weighted by atomic mass is 35.5. The van der Waals surface area contributed by atoms with Crippen molar-refractivity contribution in [3.8, 4) is 0 Å². The Balaban J connectivity index is 2.11. The molecule has 1 saturated carbocycles. The fraction of sp³-hybridized carbons (Fsp3) is 0.562. The van der Waals surface area contributed by atoms with Crippen molar-refractivity contribution in [2.45, 2.75) is 45.1 Å². The Labute approximate surface area is 125 Å². The van der Waals surface area contributed by atoms with Crippen molar-refractivity contribution >= 4 is 17.5 Å². The number of hydrogen-bond acceptors (Lipinski definition) is 2. The van der Waals surface area contributed by atoms with Gasteiger partial charge >= 0.3 is 0 Å². The highest BCUT2D eigenvalue weighted by Gasteiger charge is 2.35. The van der Waals surface area contributed by atoms with E-state index in [1.165, 1.54) is 0 Å². The van der Waals surface area contributed by atoms with E-state index >= 15 is 0 Å². The third kappa shape index (κ3) is 3.33. The first-order valence-electron chi connectivity index (χ1n) is 7.15. The second-order valence-corrected chi connectivity index (χ2v) is 6.45. The number of halogens is 1. The van der Waals surface area contributed by atoms with Crippen molar-refractivity contribution in [1.82, 2.24) is 5.32 Å². The number of nitrogens with one attached hydrogen (secondary N) is 1. The molecule has 1 fully saturated rings. The molecule has 0 bridgehead atoms. The molecule has 0 radical (unpaired) electrons. The van der Waals surface area contributed by atoms with Crippen LogP contribution in [0.4, 0.5) is 0 Å². The number of aliphatic hydroxyl groups excluding tert-OH is 1. The van der Waals surface area contributed by atoms with Gasteiger partial charge in [-0.25, -0.2) is 0 Å². The van der Waals surface area contributed by atoms with Crippen molar-refractivity contribution in [3.63, 3.8) is 0 Å². The Kier molecular flexibility index (Phi) is 4.71. The van der Waals surface area contributed by atoms with Gasteiger partial charge in [0.25, 0.3) is 5.91 Å². The molecular weight excluding hydrogens is 274 g/mol. The molecule has 4 heteroatoms. The Hall–Kier alpha value is -1.06. The Morgan fingerprint density at radius 1 is 1.45 bits per heavy atom. The molecule has 1 aromatic carbocycles. The number of benzene rings is 1. The van der Waals surface area contributed by atoms with E-state index < -0.39 is 5.54 Å². The molecule has 1 aromatic rings. The maximum Gasteiger partial charge on any atom is 0.251 e. The molecule has 0 atom stereocenters. The Bertz CT molecular complexity index is 493. The number of aliphatic hydroxyl groups is 1. The minimum absolute atomic E-state index is 0.00888. The van der Waals surface area contributed by atoms with Gasteiger partial charge in [0.1, 0.15) is 0 Å². The van der Waals surface area contributed by atoms with E-state index in [0.717, 1.165) is 31.2 Å². The lowest BCUT2D eigenvalue weighted by Crippen LogP contribution is -2.53. The number of rotatable bonds is 3. The van der Waals surface area contributed by atoms with Crippen LogP contribution in [-0.4, -0.2) is 23.2 Å². The van der Waals surface area contributed by atoms with Gasteiger partial charge in [-0.3, -0.25) is 4.79 Å². The third-order valence-corrected chi connectivity index (χ3v) is 4.75. The summed E-state index contributed by atoms with van der Waals surface area (Å²) in [6.07, 6.45) is 3.73. The molecule has 3 nitrogen and oxygen atoms in total. The van der Waals surface area contributed by atoms with Crippen molar-refractivity contribution in [2.24, 2.45) is 5.92 Å². The summed E-state index contributed by atoms with van der Waals surface area (Å²) in [6.45, 7) is 4.11. The molecule has 2 rings (SSSR count). The van der Waals surface area contributed by atoms with Crippen LogP contribution < -0.4 is 5.32 Å². The maximum atomic E-state index is 12.3. The van der Waals surface area contributed by atoms with Gasteiger partial charge < -0.3 is 10.4 Å². The fourth-order valence-electron chi connectivity index (χ4n) is 2.68. The van der Waals surface area contributed by atoms with Gasteiger partial charge in [-0.05, 0) is 56.2 Å². The van der Waals surface area contributed by atoms with Crippen LogP contribution in [0.5, 0.6) is 0 Å². The van der Waals surface area contributed by atoms with Crippen LogP contribution in [0.15, 0.2) is 18.2 Å². The van der Waals surface area contributed by atoms with E-state index in [4.69, 9.17) is 11.6 Å². The van der Waals surface area contributed by atoms with Crippen LogP contribution in [0.3, 0.4) is 0 Å². The number of carbonyl (C=O) groups is 1. The largest absolute Gasteiger partial charge is 0.394 e. The van der Waals surface area contributed by atoms with Gasteiger partial charge in [0.2, 0.25) is 0 Å². The van der Waals surface area contributed by atoms with Gasteiger partial charge in [0.05, 0.1) is 12.1 Å². The van der Waals surface area contributed by atoms with E-state index in [9.17, 15) is 9.90 Å². The Morgan fingerprint density at radius 3 is 2.65 bits per heavy atom. The second-order valence-electron chi connectivity index (χ2n) is 6.04. The molecule has 1 amide bonds. The molecule has 0 saturated heterocycles. The molecule has 0 aliphatic heterocycles. The molecule has 0 spiro atoms. The summed E-state index contributed by atoms with van der Waals surface area (Å²) in [5, 5.41) is 13.3. The minimum atomic E-state index is -0.471. The number of carbonyl (C=O) groups excluding carboxylic acids is 1. The summed E-state index contributed by atoms with van der Waals surface area (Å²) in [4.78, 5) is 12.3. The zero-order valence-electron chi connectivity index (χ0n) is 12.1. The molecule has 20 heavy (non-hydrogen) atoms. The lowest BCUT2D eigenvalue weighted by molar-refractivity contribution is 0.0717. The van der Waals surface area contributed by atoms with Crippen molar-refractivity contribution < 1.29 is 9.90 Å². The molecule has 0 heterocycles. The lowest BCUT2D eigenvalue weighted by Gasteiger charge is -2.38. The van der Waals surface area contributed by atoms with Crippen LogP contribution in [0, 0.1) is 12.8 Å². The SMILES string of the molecule is Cc1ccc(C(=O)NC2(CO)CCC(C)CC2)cc1Cl. The summed E-state index contributed by atoms with van der Waals surface area (Å²) in [5.41, 5.74) is 1.03. The first kappa shape index (κ1) is 15.3. The molecule has 2 N–H and O–H groups in total. The normalized spacial score (nSPS) is 26.3. The molecule has 110 valence electrons. The summed E-state index contributed by atoms with van der Waals surface area (Å²) < 4.78 is 0. The summed E-state index contributed by atoms with van der Waals surface area (Å²) >= 11 is 6.06. The average molecular weight is 296 g/mol. The van der Waals surface area contributed by atoms with Crippen LogP contribution in [0.2, 0.25) is 5.02 Å². The van der Waals surface area contributed by atoms with Crippen molar-refractivity contribution in [1.29, 1.82) is 0 Å². The second kappa shape index (κ2) is 6.15. The summed E-state index contributed by atoms with van der Waals surface area (Å²) in [7, 11) is 0. The zero-order chi connectivity index (χ0) is 14.8. The fourth-order valence-corrected chi connectivity index (χ4v) is 2.87. The third-order valence-electron chi connectivity index (χ3n) is 4.35. The quantitative estimate of drug-likeness (QED) is 0.899. The first-order chi connectivity index (χ1) is 9.46.